The predicted octanol–water partition coefficient (Wildman–Crippen LogP) is 3.65. The Bertz CT molecular complexity index is 1170. The monoisotopic (exact) mass is 534 g/mol. The summed E-state index contributed by atoms with van der Waals surface area (Å²) < 4.78 is 5.00. The molecule has 202 valence electrons. The van der Waals surface area contributed by atoms with E-state index < -0.39 is 0 Å². The van der Waals surface area contributed by atoms with Gasteiger partial charge >= 0.3 is 0 Å². The van der Waals surface area contributed by atoms with E-state index >= 15 is 0 Å². The van der Waals surface area contributed by atoms with Crippen molar-refractivity contribution >= 4 is 23.3 Å². The molecule has 1 aromatic heterocycles. The molecule has 0 saturated carbocycles. The van der Waals surface area contributed by atoms with Crippen LogP contribution in [0.25, 0.3) is 0 Å². The molecule has 1 atom stereocenters. The number of piperidine rings is 1. The Morgan fingerprint density at radius 1 is 1.13 bits per heavy atom. The molecule has 2 aromatic rings. The lowest BCUT2D eigenvalue weighted by Gasteiger charge is -2.47. The van der Waals surface area contributed by atoms with E-state index in [-0.39, 0.29) is 0 Å². The number of pyridine rings is 1. The average molecular weight is 535 g/mol. The maximum atomic E-state index is 6.72. The van der Waals surface area contributed by atoms with E-state index in [0.29, 0.717) is 23.7 Å². The smallest absolute Gasteiger partial charge is 0.147 e. The Hall–Kier alpha value is -2.63. The first-order valence-electron chi connectivity index (χ1n) is 13.9. The molecule has 8 heteroatoms. The topological polar surface area (TPSA) is 56.2 Å². The van der Waals surface area contributed by atoms with Crippen molar-refractivity contribution < 1.29 is 4.74 Å². The van der Waals surface area contributed by atoms with Crippen molar-refractivity contribution in [3.63, 3.8) is 0 Å². The fourth-order valence-electron chi connectivity index (χ4n) is 5.86. The van der Waals surface area contributed by atoms with Crippen LogP contribution >= 0.6 is 11.6 Å². The summed E-state index contributed by atoms with van der Waals surface area (Å²) in [5, 5.41) is 4.02. The molecule has 4 heterocycles. The van der Waals surface area contributed by atoms with E-state index in [1.54, 1.807) is 7.11 Å². The zero-order valence-electron chi connectivity index (χ0n) is 22.6. The third-order valence-electron chi connectivity index (χ3n) is 7.90. The standard InChI is InChI=1S/C30H39ClN6O/c1-3-26-22-36(30-28(31)19-25(20-34-30)29-32-12-13-33-29)16-17-37(26)27-10-14-35(15-11-27)21-24-8-6-23(7-9-24)5-4-18-38-2/h6-9,19-20,26-27H,3,10-18,21-22H2,1-2H3,(H,32,33). The van der Waals surface area contributed by atoms with Crippen LogP contribution in [0.4, 0.5) is 5.82 Å². The first kappa shape index (κ1) is 27.0. The summed E-state index contributed by atoms with van der Waals surface area (Å²) in [5.41, 5.74) is 3.37. The van der Waals surface area contributed by atoms with Gasteiger partial charge in [-0.2, -0.15) is 0 Å². The molecule has 2 fully saturated rings. The van der Waals surface area contributed by atoms with Crippen molar-refractivity contribution in [2.75, 3.05) is 64.4 Å². The summed E-state index contributed by atoms with van der Waals surface area (Å²) in [5.74, 6) is 7.96. The average Bonchev–Trinajstić information content (AvgIpc) is 3.50. The zero-order chi connectivity index (χ0) is 26.3. The summed E-state index contributed by atoms with van der Waals surface area (Å²) in [6.45, 7) is 10.8. The Kier molecular flexibility index (Phi) is 9.18. The first-order chi connectivity index (χ1) is 18.6. The number of hydrogen-bond donors (Lipinski definition) is 1. The van der Waals surface area contributed by atoms with Gasteiger partial charge in [0.15, 0.2) is 0 Å². The van der Waals surface area contributed by atoms with E-state index in [0.717, 1.165) is 81.6 Å². The number of piperazine rings is 1. The number of amidine groups is 1. The Balaban J connectivity index is 1.13. The third-order valence-corrected chi connectivity index (χ3v) is 8.18. The van der Waals surface area contributed by atoms with E-state index in [1.165, 1.54) is 18.4 Å². The van der Waals surface area contributed by atoms with Gasteiger partial charge in [-0.3, -0.25) is 14.8 Å². The van der Waals surface area contributed by atoms with Gasteiger partial charge in [0.2, 0.25) is 0 Å². The van der Waals surface area contributed by atoms with Gasteiger partial charge in [-0.1, -0.05) is 42.5 Å². The molecular weight excluding hydrogens is 496 g/mol. The number of ether oxygens (including phenoxy) is 1. The number of halogens is 1. The molecule has 3 aliphatic rings. The number of benzene rings is 1. The van der Waals surface area contributed by atoms with Gasteiger partial charge in [-0.15, -0.1) is 0 Å². The molecule has 5 rings (SSSR count). The number of nitrogens with one attached hydrogen (secondary N) is 1. The van der Waals surface area contributed by atoms with Crippen LogP contribution in [0.1, 0.15) is 42.9 Å². The minimum atomic E-state index is 0.469. The minimum absolute atomic E-state index is 0.469. The van der Waals surface area contributed by atoms with Gasteiger partial charge in [0.05, 0.1) is 11.6 Å². The van der Waals surface area contributed by atoms with Crippen molar-refractivity contribution in [3.8, 4) is 11.8 Å². The van der Waals surface area contributed by atoms with Crippen molar-refractivity contribution in [3.05, 3.63) is 58.2 Å². The lowest BCUT2D eigenvalue weighted by atomic mass is 9.97. The fourth-order valence-corrected chi connectivity index (χ4v) is 6.15. The summed E-state index contributed by atoms with van der Waals surface area (Å²) >= 11 is 6.72. The van der Waals surface area contributed by atoms with Crippen LogP contribution in [0.2, 0.25) is 5.02 Å². The van der Waals surface area contributed by atoms with Gasteiger partial charge in [-0.05, 0) is 56.1 Å². The highest BCUT2D eigenvalue weighted by Crippen LogP contribution is 2.30. The molecule has 0 aliphatic carbocycles. The zero-order valence-corrected chi connectivity index (χ0v) is 23.4. The highest BCUT2D eigenvalue weighted by molar-refractivity contribution is 6.33. The Labute approximate surface area is 232 Å². The maximum Gasteiger partial charge on any atom is 0.147 e. The molecule has 0 bridgehead atoms. The number of aromatic nitrogens is 1. The molecular formula is C30H39ClN6O. The normalized spacial score (nSPS) is 21.1. The van der Waals surface area contributed by atoms with Crippen molar-refractivity contribution in [2.45, 2.75) is 44.8 Å². The van der Waals surface area contributed by atoms with Crippen LogP contribution < -0.4 is 10.2 Å². The van der Waals surface area contributed by atoms with Crippen molar-refractivity contribution in [2.24, 2.45) is 4.99 Å². The van der Waals surface area contributed by atoms with Crippen LogP contribution in [0.3, 0.4) is 0 Å². The van der Waals surface area contributed by atoms with Crippen LogP contribution in [-0.4, -0.2) is 92.2 Å². The molecule has 0 spiro atoms. The van der Waals surface area contributed by atoms with Gasteiger partial charge in [0.25, 0.3) is 0 Å². The third kappa shape index (κ3) is 6.50. The van der Waals surface area contributed by atoms with Gasteiger partial charge < -0.3 is 15.0 Å². The van der Waals surface area contributed by atoms with Crippen LogP contribution in [0, 0.1) is 11.8 Å². The molecule has 38 heavy (non-hydrogen) atoms. The Morgan fingerprint density at radius 3 is 2.63 bits per heavy atom. The van der Waals surface area contributed by atoms with Crippen LogP contribution in [0.5, 0.6) is 0 Å². The Morgan fingerprint density at radius 2 is 1.95 bits per heavy atom. The maximum absolute atomic E-state index is 6.72. The molecule has 0 amide bonds. The number of nitrogens with zero attached hydrogens (tertiary/aromatic N) is 5. The highest BCUT2D eigenvalue weighted by Gasteiger charge is 2.34. The minimum Gasteiger partial charge on any atom is -0.372 e. The molecule has 7 nitrogen and oxygen atoms in total. The van der Waals surface area contributed by atoms with Gasteiger partial charge in [-0.25, -0.2) is 4.98 Å². The molecule has 0 radical (unpaired) electrons. The second-order valence-corrected chi connectivity index (χ2v) is 10.8. The molecule has 2 saturated heterocycles. The lowest BCUT2D eigenvalue weighted by Crippen LogP contribution is -2.58. The van der Waals surface area contributed by atoms with E-state index in [9.17, 15) is 0 Å². The van der Waals surface area contributed by atoms with Crippen LogP contribution in [0.15, 0.2) is 41.5 Å². The number of likely N-dealkylation sites (tertiary alicyclic amines) is 1. The van der Waals surface area contributed by atoms with Gasteiger partial charge in [0.1, 0.15) is 18.3 Å². The quantitative estimate of drug-likeness (QED) is 0.547. The first-order valence-corrected chi connectivity index (χ1v) is 14.3. The number of methoxy groups -OCH3 is 1. The number of hydrogen-bond acceptors (Lipinski definition) is 7. The highest BCUT2D eigenvalue weighted by atomic mass is 35.5. The number of aliphatic imine (C=N–C) groups is 1. The summed E-state index contributed by atoms with van der Waals surface area (Å²) in [6.07, 6.45) is 5.48. The predicted molar refractivity (Wildman–Crippen MR) is 155 cm³/mol. The largest absolute Gasteiger partial charge is 0.372 e. The summed E-state index contributed by atoms with van der Waals surface area (Å²) in [7, 11) is 1.67. The van der Waals surface area contributed by atoms with E-state index in [2.05, 4.69) is 68.0 Å². The second kappa shape index (κ2) is 12.9. The summed E-state index contributed by atoms with van der Waals surface area (Å²) in [6, 6.07) is 11.8. The number of anilines is 1. The van der Waals surface area contributed by atoms with E-state index in [4.69, 9.17) is 21.3 Å². The molecule has 3 aliphatic heterocycles. The SMILES string of the molecule is CCC1CN(c2ncc(C3=NCCN3)cc2Cl)CCN1C1CCN(Cc2ccc(C#CCOC)cc2)CC1. The molecule has 1 unspecified atom stereocenters. The summed E-state index contributed by atoms with van der Waals surface area (Å²) in [4.78, 5) is 17.0. The number of rotatable bonds is 7. The van der Waals surface area contributed by atoms with E-state index in [1.807, 2.05) is 12.3 Å². The van der Waals surface area contributed by atoms with Crippen LogP contribution in [-0.2, 0) is 11.3 Å². The fraction of sp³-hybridized carbons (Fsp3) is 0.533. The van der Waals surface area contributed by atoms with Crippen molar-refractivity contribution in [1.29, 1.82) is 0 Å². The second-order valence-electron chi connectivity index (χ2n) is 10.4. The van der Waals surface area contributed by atoms with Crippen molar-refractivity contribution in [1.82, 2.24) is 20.1 Å². The molecule has 1 aromatic carbocycles. The molecule has 1 N–H and O–H groups in total. The lowest BCUT2D eigenvalue weighted by molar-refractivity contribution is 0.0610. The van der Waals surface area contributed by atoms with Gasteiger partial charge in [0, 0.05) is 69.2 Å².